The maximum atomic E-state index is 14.3. The van der Waals surface area contributed by atoms with Crippen molar-refractivity contribution in [2.24, 2.45) is 0 Å². The van der Waals surface area contributed by atoms with Gasteiger partial charge in [0.2, 0.25) is 17.7 Å². The van der Waals surface area contributed by atoms with Crippen LogP contribution in [0.2, 0.25) is 0 Å². The summed E-state index contributed by atoms with van der Waals surface area (Å²) in [7, 11) is 6.00. The van der Waals surface area contributed by atoms with Crippen LogP contribution in [0.25, 0.3) is 5.57 Å². The highest BCUT2D eigenvalue weighted by atomic mass is 32.2. The van der Waals surface area contributed by atoms with Gasteiger partial charge < -0.3 is 23.7 Å². The highest BCUT2D eigenvalue weighted by Gasteiger charge is 2.65. The predicted molar refractivity (Wildman–Crippen MR) is 196 cm³/mol. The van der Waals surface area contributed by atoms with Gasteiger partial charge in [-0.2, -0.15) is 0 Å². The van der Waals surface area contributed by atoms with Crippen LogP contribution in [0.3, 0.4) is 0 Å². The van der Waals surface area contributed by atoms with Crippen molar-refractivity contribution in [3.63, 3.8) is 0 Å². The topological polar surface area (TPSA) is 172 Å². The molecule has 5 rings (SSSR count). The van der Waals surface area contributed by atoms with E-state index in [1.54, 1.807) is 32.0 Å². The third kappa shape index (κ3) is 6.85. The Kier molecular flexibility index (Phi) is 12.6. The highest BCUT2D eigenvalue weighted by Crippen LogP contribution is 2.71. The molecule has 3 amide bonds. The summed E-state index contributed by atoms with van der Waals surface area (Å²) in [6.07, 6.45) is 3.98. The van der Waals surface area contributed by atoms with Crippen molar-refractivity contribution in [3.05, 3.63) is 51.3 Å². The van der Waals surface area contributed by atoms with Crippen molar-refractivity contribution >= 4 is 88.1 Å². The highest BCUT2D eigenvalue weighted by molar-refractivity contribution is 8.24. The SMILES string of the molecule is C/C=C\C.COC(=O)C1=C(C(=O)OC)C2(SC(C(=O)OC)C(C(=O)OC)S2)C2=C(S1)C(C)(C)N(C(=O)CN1C(=O)CCC1=O)c1c(OC)cccc12. The molecule has 2 saturated heterocycles. The molecular formula is C35H40N2O12S3. The Morgan fingerprint density at radius 3 is 1.83 bits per heavy atom. The van der Waals surface area contributed by atoms with Gasteiger partial charge in [-0.3, -0.25) is 33.8 Å². The number of rotatable bonds is 7. The van der Waals surface area contributed by atoms with Crippen molar-refractivity contribution in [1.29, 1.82) is 0 Å². The van der Waals surface area contributed by atoms with E-state index in [-0.39, 0.29) is 34.8 Å². The molecule has 0 aliphatic carbocycles. The molecule has 0 saturated carbocycles. The van der Waals surface area contributed by atoms with Gasteiger partial charge in [-0.1, -0.05) is 36.0 Å². The predicted octanol–water partition coefficient (Wildman–Crippen LogP) is 3.87. The number of carbonyl (C=O) groups is 7. The molecule has 17 heteroatoms. The molecule has 0 aromatic heterocycles. The van der Waals surface area contributed by atoms with Crippen LogP contribution in [-0.4, -0.2) is 109 Å². The zero-order valence-corrected chi connectivity index (χ0v) is 32.6. The van der Waals surface area contributed by atoms with E-state index in [1.807, 2.05) is 26.0 Å². The number of benzene rings is 1. The number of methoxy groups -OCH3 is 5. The van der Waals surface area contributed by atoms with Crippen molar-refractivity contribution in [3.8, 4) is 5.75 Å². The number of esters is 4. The number of amides is 3. The van der Waals surface area contributed by atoms with E-state index < -0.39 is 68.3 Å². The molecule has 14 nitrogen and oxygen atoms in total. The quantitative estimate of drug-likeness (QED) is 0.169. The summed E-state index contributed by atoms with van der Waals surface area (Å²) in [6.45, 7) is 6.84. The lowest BCUT2D eigenvalue weighted by atomic mass is 9.83. The molecule has 4 heterocycles. The van der Waals surface area contributed by atoms with Crippen LogP contribution in [-0.2, 0) is 52.5 Å². The number of imide groups is 1. The van der Waals surface area contributed by atoms with Gasteiger partial charge in [-0.15, -0.1) is 23.5 Å². The van der Waals surface area contributed by atoms with Crippen LogP contribution in [0.5, 0.6) is 5.75 Å². The van der Waals surface area contributed by atoms with Crippen LogP contribution >= 0.6 is 35.3 Å². The van der Waals surface area contributed by atoms with E-state index in [9.17, 15) is 33.6 Å². The Labute approximate surface area is 314 Å². The maximum Gasteiger partial charge on any atom is 0.345 e. The van der Waals surface area contributed by atoms with Gasteiger partial charge in [0, 0.05) is 28.9 Å². The Hall–Kier alpha value is -4.22. The molecule has 0 bridgehead atoms. The molecule has 4 aliphatic rings. The van der Waals surface area contributed by atoms with E-state index in [0.29, 0.717) is 16.0 Å². The van der Waals surface area contributed by atoms with E-state index in [4.69, 9.17) is 23.7 Å². The number of likely N-dealkylation sites (tertiary alicyclic amines) is 1. The van der Waals surface area contributed by atoms with Crippen molar-refractivity contribution in [1.82, 2.24) is 4.90 Å². The fourth-order valence-corrected chi connectivity index (χ4v) is 11.9. The standard InChI is InChI=1S/C31H32N2O12S3.C4H8/c1-30(2)25-19(14-9-8-10-15(41-3)21(14)33(30)18(36)13-32-16(34)11-12-17(32)35)31(20(26(37)42-4)22(46-25)27(38)43-5)47-23(28(39)44-6)24(48-31)29(40)45-7;1-3-4-2/h8-10,23-24H,11-13H2,1-7H3;3-4H,1-2H3/b;4-3-. The van der Waals surface area contributed by atoms with Crippen LogP contribution in [0.4, 0.5) is 5.69 Å². The van der Waals surface area contributed by atoms with Gasteiger partial charge in [-0.25, -0.2) is 9.59 Å². The Bertz CT molecular complexity index is 1760. The second-order valence-electron chi connectivity index (χ2n) is 11.9. The van der Waals surface area contributed by atoms with Crippen LogP contribution in [0.15, 0.2) is 45.7 Å². The van der Waals surface area contributed by atoms with Crippen LogP contribution in [0.1, 0.15) is 46.1 Å². The Morgan fingerprint density at radius 2 is 1.37 bits per heavy atom. The summed E-state index contributed by atoms with van der Waals surface area (Å²) in [5.41, 5.74) is -0.538. The Balaban J connectivity index is 0.00000144. The summed E-state index contributed by atoms with van der Waals surface area (Å²) in [5, 5.41) is -2.43. The van der Waals surface area contributed by atoms with Gasteiger partial charge in [0.05, 0.1) is 52.3 Å². The van der Waals surface area contributed by atoms with E-state index in [0.717, 1.165) is 68.6 Å². The molecule has 1 aromatic carbocycles. The smallest absolute Gasteiger partial charge is 0.345 e. The monoisotopic (exact) mass is 776 g/mol. The minimum absolute atomic E-state index is 0.0101. The third-order valence-corrected chi connectivity index (χ3v) is 13.8. The van der Waals surface area contributed by atoms with Crippen LogP contribution < -0.4 is 9.64 Å². The third-order valence-electron chi connectivity index (χ3n) is 8.66. The number of anilines is 1. The van der Waals surface area contributed by atoms with E-state index >= 15 is 0 Å². The molecule has 1 spiro atoms. The lowest BCUT2D eigenvalue weighted by Crippen LogP contribution is -2.56. The number of para-hydroxylation sites is 1. The number of nitrogens with zero attached hydrogens (tertiary/aromatic N) is 2. The molecule has 280 valence electrons. The first-order valence-electron chi connectivity index (χ1n) is 15.9. The molecule has 2 unspecified atom stereocenters. The van der Waals surface area contributed by atoms with Gasteiger partial charge >= 0.3 is 23.9 Å². The second-order valence-corrected chi connectivity index (χ2v) is 15.9. The van der Waals surface area contributed by atoms with Gasteiger partial charge in [0.25, 0.3) is 0 Å². The summed E-state index contributed by atoms with van der Waals surface area (Å²) in [4.78, 5) is 95.7. The van der Waals surface area contributed by atoms with Crippen molar-refractivity contribution in [2.45, 2.75) is 60.7 Å². The normalized spacial score (nSPS) is 23.2. The number of hydrogen-bond donors (Lipinski definition) is 0. The maximum absolute atomic E-state index is 14.3. The summed E-state index contributed by atoms with van der Waals surface area (Å²) < 4.78 is 24.5. The van der Waals surface area contributed by atoms with Crippen molar-refractivity contribution < 1.29 is 57.2 Å². The number of fused-ring (bicyclic) bond motifs is 3. The number of allylic oxidation sites excluding steroid dienone is 2. The minimum Gasteiger partial charge on any atom is -0.495 e. The number of hydrogen-bond acceptors (Lipinski definition) is 15. The minimum atomic E-state index is -1.71. The summed E-state index contributed by atoms with van der Waals surface area (Å²) in [5.74, 6) is -4.71. The van der Waals surface area contributed by atoms with Gasteiger partial charge in [0.15, 0.2) is 0 Å². The zero-order chi connectivity index (χ0) is 38.7. The molecular weight excluding hydrogens is 737 g/mol. The van der Waals surface area contributed by atoms with Gasteiger partial charge in [0.1, 0.15) is 31.8 Å². The largest absolute Gasteiger partial charge is 0.495 e. The number of thioether (sulfide) groups is 3. The molecule has 2 fully saturated rings. The molecule has 2 atom stereocenters. The molecule has 52 heavy (non-hydrogen) atoms. The lowest BCUT2D eigenvalue weighted by Gasteiger charge is -2.51. The average Bonchev–Trinajstić information content (AvgIpc) is 3.68. The molecule has 4 aliphatic heterocycles. The number of ether oxygens (including phenoxy) is 5. The fraction of sp³-hybridized carbons (Fsp3) is 0.457. The van der Waals surface area contributed by atoms with E-state index in [2.05, 4.69) is 0 Å². The molecule has 1 aromatic rings. The summed E-state index contributed by atoms with van der Waals surface area (Å²) in [6, 6.07) is 4.96. The zero-order valence-electron chi connectivity index (χ0n) is 30.2. The second kappa shape index (κ2) is 16.2. The van der Waals surface area contributed by atoms with Crippen LogP contribution in [0, 0.1) is 0 Å². The molecule has 0 radical (unpaired) electrons. The first-order valence-corrected chi connectivity index (χ1v) is 18.5. The first-order chi connectivity index (χ1) is 24.6. The summed E-state index contributed by atoms with van der Waals surface area (Å²) >= 11 is 2.70. The lowest BCUT2D eigenvalue weighted by molar-refractivity contribution is -0.145. The molecule has 0 N–H and O–H groups in total. The van der Waals surface area contributed by atoms with Crippen molar-refractivity contribution in [2.75, 3.05) is 47.0 Å². The number of carbonyl (C=O) groups excluding carboxylic acids is 7. The van der Waals surface area contributed by atoms with E-state index in [1.165, 1.54) is 12.0 Å². The Morgan fingerprint density at radius 1 is 0.827 bits per heavy atom. The first kappa shape index (κ1) is 40.5. The average molecular weight is 777 g/mol. The fourth-order valence-electron chi connectivity index (χ4n) is 6.19. The van der Waals surface area contributed by atoms with Gasteiger partial charge in [-0.05, 0) is 33.8 Å².